The second-order valence-corrected chi connectivity index (χ2v) is 5.53. The summed E-state index contributed by atoms with van der Waals surface area (Å²) < 4.78 is 11.0. The Labute approximate surface area is 145 Å². The van der Waals surface area contributed by atoms with E-state index in [0.29, 0.717) is 36.9 Å². The summed E-state index contributed by atoms with van der Waals surface area (Å²) in [7, 11) is 0. The van der Waals surface area contributed by atoms with Crippen LogP contribution < -0.4 is 19.7 Å². The molecule has 0 unspecified atom stereocenters. The zero-order valence-corrected chi connectivity index (χ0v) is 13.9. The molecule has 7 nitrogen and oxygen atoms in total. The molecule has 1 aliphatic heterocycles. The van der Waals surface area contributed by atoms with E-state index in [0.717, 1.165) is 5.69 Å². The van der Waals surface area contributed by atoms with E-state index >= 15 is 0 Å². The quantitative estimate of drug-likeness (QED) is 0.892. The number of rotatable bonds is 5. The zero-order chi connectivity index (χ0) is 17.6. The van der Waals surface area contributed by atoms with Crippen LogP contribution in [0.15, 0.2) is 42.6 Å². The van der Waals surface area contributed by atoms with Gasteiger partial charge in [-0.1, -0.05) is 6.07 Å². The fourth-order valence-electron chi connectivity index (χ4n) is 2.48. The third-order valence-corrected chi connectivity index (χ3v) is 3.71. The van der Waals surface area contributed by atoms with Gasteiger partial charge in [0.15, 0.2) is 11.5 Å². The maximum atomic E-state index is 12.2. The molecular weight excluding hydrogens is 322 g/mol. The van der Waals surface area contributed by atoms with Gasteiger partial charge in [-0.05, 0) is 24.3 Å². The standard InChI is InChI=1S/C18H19N3O4/c1-13(22)21(12-18(23)20-11-14-4-2-3-7-19-14)15-5-6-16-17(10-15)25-9-8-24-16/h2-7,10H,8-9,11-12H2,1H3,(H,20,23). The number of benzene rings is 1. The maximum Gasteiger partial charge on any atom is 0.240 e. The summed E-state index contributed by atoms with van der Waals surface area (Å²) in [6, 6.07) is 10.7. The molecule has 0 aliphatic carbocycles. The highest BCUT2D eigenvalue weighted by atomic mass is 16.6. The Morgan fingerprint density at radius 2 is 1.96 bits per heavy atom. The number of hydrogen-bond donors (Lipinski definition) is 1. The van der Waals surface area contributed by atoms with Gasteiger partial charge in [0.05, 0.1) is 12.2 Å². The second-order valence-electron chi connectivity index (χ2n) is 5.53. The topological polar surface area (TPSA) is 80.8 Å². The number of fused-ring (bicyclic) bond motifs is 1. The van der Waals surface area contributed by atoms with Gasteiger partial charge in [-0.25, -0.2) is 0 Å². The lowest BCUT2D eigenvalue weighted by Gasteiger charge is -2.24. The molecule has 0 saturated carbocycles. The summed E-state index contributed by atoms with van der Waals surface area (Å²) in [5.74, 6) is 0.711. The first kappa shape index (κ1) is 16.8. The van der Waals surface area contributed by atoms with Gasteiger partial charge in [0, 0.05) is 24.9 Å². The van der Waals surface area contributed by atoms with E-state index in [2.05, 4.69) is 10.3 Å². The van der Waals surface area contributed by atoms with Gasteiger partial charge >= 0.3 is 0 Å². The SMILES string of the molecule is CC(=O)N(CC(=O)NCc1ccccn1)c1ccc2c(c1)OCCO2. The van der Waals surface area contributed by atoms with Gasteiger partial charge in [0.2, 0.25) is 11.8 Å². The van der Waals surface area contributed by atoms with Crippen molar-refractivity contribution in [3.05, 3.63) is 48.3 Å². The van der Waals surface area contributed by atoms with Gasteiger partial charge in [-0.15, -0.1) is 0 Å². The van der Waals surface area contributed by atoms with Crippen LogP contribution in [0, 0.1) is 0 Å². The molecule has 0 saturated heterocycles. The van der Waals surface area contributed by atoms with Crippen LogP contribution in [0.1, 0.15) is 12.6 Å². The third-order valence-electron chi connectivity index (χ3n) is 3.71. The smallest absolute Gasteiger partial charge is 0.240 e. The molecule has 0 fully saturated rings. The van der Waals surface area contributed by atoms with E-state index in [9.17, 15) is 9.59 Å². The maximum absolute atomic E-state index is 12.2. The molecule has 0 spiro atoms. The number of hydrogen-bond acceptors (Lipinski definition) is 5. The lowest BCUT2D eigenvalue weighted by atomic mass is 10.2. The van der Waals surface area contributed by atoms with Gasteiger partial charge in [-0.2, -0.15) is 0 Å². The Hall–Kier alpha value is -3.09. The van der Waals surface area contributed by atoms with Crippen LogP contribution in [0.5, 0.6) is 11.5 Å². The molecule has 1 aromatic heterocycles. The summed E-state index contributed by atoms with van der Waals surface area (Å²) >= 11 is 0. The average Bonchev–Trinajstić information content (AvgIpc) is 2.64. The number of nitrogens with one attached hydrogen (secondary N) is 1. The molecule has 0 radical (unpaired) electrons. The Morgan fingerprint density at radius 3 is 2.68 bits per heavy atom. The first-order valence-electron chi connectivity index (χ1n) is 7.98. The van der Waals surface area contributed by atoms with Gasteiger partial charge in [0.25, 0.3) is 0 Å². The fraction of sp³-hybridized carbons (Fsp3) is 0.278. The van der Waals surface area contributed by atoms with Crippen molar-refractivity contribution in [2.45, 2.75) is 13.5 Å². The van der Waals surface area contributed by atoms with Crippen LogP contribution in [0.2, 0.25) is 0 Å². The van der Waals surface area contributed by atoms with Crippen molar-refractivity contribution in [1.29, 1.82) is 0 Å². The van der Waals surface area contributed by atoms with Crippen molar-refractivity contribution in [2.24, 2.45) is 0 Å². The molecule has 1 N–H and O–H groups in total. The first-order chi connectivity index (χ1) is 12.1. The second kappa shape index (κ2) is 7.65. The summed E-state index contributed by atoms with van der Waals surface area (Å²) in [5, 5.41) is 2.77. The summed E-state index contributed by atoms with van der Waals surface area (Å²) in [6.45, 7) is 2.61. The van der Waals surface area contributed by atoms with E-state index in [1.165, 1.54) is 11.8 Å². The molecule has 130 valence electrons. The fourth-order valence-corrected chi connectivity index (χ4v) is 2.48. The van der Waals surface area contributed by atoms with Crippen molar-refractivity contribution >= 4 is 17.5 Å². The highest BCUT2D eigenvalue weighted by Gasteiger charge is 2.19. The molecule has 0 atom stereocenters. The molecule has 0 bridgehead atoms. The lowest BCUT2D eigenvalue weighted by Crippen LogP contribution is -2.39. The Bertz CT molecular complexity index is 764. The molecule has 1 aromatic carbocycles. The van der Waals surface area contributed by atoms with Crippen molar-refractivity contribution in [1.82, 2.24) is 10.3 Å². The van der Waals surface area contributed by atoms with E-state index in [-0.39, 0.29) is 18.4 Å². The van der Waals surface area contributed by atoms with E-state index in [1.807, 2.05) is 18.2 Å². The van der Waals surface area contributed by atoms with Crippen LogP contribution in [0.4, 0.5) is 5.69 Å². The van der Waals surface area contributed by atoms with Gasteiger partial charge < -0.3 is 19.7 Å². The Balaban J connectivity index is 1.67. The van der Waals surface area contributed by atoms with Gasteiger partial charge in [0.1, 0.15) is 19.8 Å². The van der Waals surface area contributed by atoms with Crippen molar-refractivity contribution in [3.63, 3.8) is 0 Å². The molecule has 2 amide bonds. The number of nitrogens with zero attached hydrogens (tertiary/aromatic N) is 2. The largest absolute Gasteiger partial charge is 0.486 e. The first-order valence-corrected chi connectivity index (χ1v) is 7.98. The molecule has 25 heavy (non-hydrogen) atoms. The Kier molecular flexibility index (Phi) is 5.13. The number of anilines is 1. The highest BCUT2D eigenvalue weighted by Crippen LogP contribution is 2.34. The molecule has 1 aliphatic rings. The summed E-state index contributed by atoms with van der Waals surface area (Å²) in [4.78, 5) is 29.7. The number of carbonyl (C=O) groups excluding carboxylic acids is 2. The van der Waals surface area contributed by atoms with Crippen molar-refractivity contribution < 1.29 is 19.1 Å². The average molecular weight is 341 g/mol. The lowest BCUT2D eigenvalue weighted by molar-refractivity contribution is -0.123. The summed E-state index contributed by atoms with van der Waals surface area (Å²) in [6.07, 6.45) is 1.67. The number of carbonyl (C=O) groups is 2. The van der Waals surface area contributed by atoms with E-state index < -0.39 is 0 Å². The van der Waals surface area contributed by atoms with Crippen molar-refractivity contribution in [2.75, 3.05) is 24.7 Å². The van der Waals surface area contributed by atoms with Crippen LogP contribution in [-0.2, 0) is 16.1 Å². The summed E-state index contributed by atoms with van der Waals surface area (Å²) in [5.41, 5.74) is 1.34. The highest BCUT2D eigenvalue weighted by molar-refractivity contribution is 5.97. The van der Waals surface area contributed by atoms with Crippen LogP contribution in [0.3, 0.4) is 0 Å². The predicted octanol–water partition coefficient (Wildman–Crippen LogP) is 1.52. The minimum atomic E-state index is -0.268. The van der Waals surface area contributed by atoms with Gasteiger partial charge in [-0.3, -0.25) is 14.6 Å². The molecule has 2 aromatic rings. The molecule has 7 heteroatoms. The number of amides is 2. The molecule has 2 heterocycles. The Morgan fingerprint density at radius 1 is 1.16 bits per heavy atom. The third kappa shape index (κ3) is 4.26. The normalized spacial score (nSPS) is 12.4. The molecule has 3 rings (SSSR count). The van der Waals surface area contributed by atoms with E-state index in [1.54, 1.807) is 24.4 Å². The monoisotopic (exact) mass is 341 g/mol. The van der Waals surface area contributed by atoms with Crippen LogP contribution in [-0.4, -0.2) is 36.6 Å². The minimum Gasteiger partial charge on any atom is -0.486 e. The zero-order valence-electron chi connectivity index (χ0n) is 13.9. The van der Waals surface area contributed by atoms with Crippen molar-refractivity contribution in [3.8, 4) is 11.5 Å². The predicted molar refractivity (Wildman–Crippen MR) is 91.5 cm³/mol. The van der Waals surface area contributed by atoms with Crippen LogP contribution in [0.25, 0.3) is 0 Å². The number of ether oxygens (including phenoxy) is 2. The number of aromatic nitrogens is 1. The van der Waals surface area contributed by atoms with Crippen LogP contribution >= 0.6 is 0 Å². The minimum absolute atomic E-state index is 0.0815. The van der Waals surface area contributed by atoms with E-state index in [4.69, 9.17) is 9.47 Å². The molecular formula is C18H19N3O4. The number of pyridine rings is 1.